The van der Waals surface area contributed by atoms with Crippen molar-refractivity contribution in [2.75, 3.05) is 18.2 Å². The SMILES string of the molecule is O=C(NCc1ccc2c(c1)OCO2)[C@H]1CC(=O)N(c2ccc(Cl)cc2)C1. The van der Waals surface area contributed by atoms with Gasteiger partial charge in [-0.05, 0) is 42.0 Å². The Kier molecular flexibility index (Phi) is 4.42. The number of hydrogen-bond acceptors (Lipinski definition) is 4. The van der Waals surface area contributed by atoms with Crippen LogP contribution in [0.2, 0.25) is 5.02 Å². The maximum atomic E-state index is 12.5. The van der Waals surface area contributed by atoms with Crippen LogP contribution in [0.1, 0.15) is 12.0 Å². The molecule has 0 aliphatic carbocycles. The topological polar surface area (TPSA) is 67.9 Å². The number of ether oxygens (including phenoxy) is 2. The van der Waals surface area contributed by atoms with E-state index >= 15 is 0 Å². The molecular weight excluding hydrogens is 356 g/mol. The fourth-order valence-corrected chi connectivity index (χ4v) is 3.26. The van der Waals surface area contributed by atoms with Crippen molar-refractivity contribution in [2.24, 2.45) is 5.92 Å². The largest absolute Gasteiger partial charge is 0.454 e. The molecule has 6 nitrogen and oxygen atoms in total. The number of carbonyl (C=O) groups is 2. The zero-order chi connectivity index (χ0) is 18.1. The van der Waals surface area contributed by atoms with Crippen molar-refractivity contribution in [3.8, 4) is 11.5 Å². The lowest BCUT2D eigenvalue weighted by Crippen LogP contribution is -2.32. The van der Waals surface area contributed by atoms with Gasteiger partial charge in [0.1, 0.15) is 0 Å². The van der Waals surface area contributed by atoms with E-state index in [1.165, 1.54) is 0 Å². The fraction of sp³-hybridized carbons (Fsp3) is 0.263. The highest BCUT2D eigenvalue weighted by molar-refractivity contribution is 6.30. The second-order valence-corrected chi connectivity index (χ2v) is 6.72. The summed E-state index contributed by atoms with van der Waals surface area (Å²) in [6.45, 7) is 0.963. The van der Waals surface area contributed by atoms with Gasteiger partial charge in [-0.3, -0.25) is 9.59 Å². The number of halogens is 1. The quantitative estimate of drug-likeness (QED) is 0.896. The number of hydrogen-bond donors (Lipinski definition) is 1. The minimum Gasteiger partial charge on any atom is -0.454 e. The van der Waals surface area contributed by atoms with E-state index in [-0.39, 0.29) is 30.9 Å². The van der Waals surface area contributed by atoms with Gasteiger partial charge >= 0.3 is 0 Å². The molecule has 2 aromatic rings. The van der Waals surface area contributed by atoms with Gasteiger partial charge in [0.05, 0.1) is 5.92 Å². The predicted octanol–water partition coefficient (Wildman–Crippen LogP) is 2.74. The monoisotopic (exact) mass is 372 g/mol. The van der Waals surface area contributed by atoms with Gasteiger partial charge in [-0.1, -0.05) is 17.7 Å². The maximum Gasteiger partial charge on any atom is 0.231 e. The lowest BCUT2D eigenvalue weighted by Gasteiger charge is -2.16. The first-order chi connectivity index (χ1) is 12.6. The van der Waals surface area contributed by atoms with E-state index < -0.39 is 0 Å². The Bertz CT molecular complexity index is 853. The number of anilines is 1. The van der Waals surface area contributed by atoms with Crippen LogP contribution in [0.25, 0.3) is 0 Å². The van der Waals surface area contributed by atoms with Crippen molar-refractivity contribution in [3.05, 3.63) is 53.1 Å². The number of rotatable bonds is 4. The highest BCUT2D eigenvalue weighted by Gasteiger charge is 2.35. The number of fused-ring (bicyclic) bond motifs is 1. The van der Waals surface area contributed by atoms with Gasteiger partial charge < -0.3 is 19.7 Å². The van der Waals surface area contributed by atoms with Crippen LogP contribution in [0.4, 0.5) is 5.69 Å². The molecule has 1 N–H and O–H groups in total. The van der Waals surface area contributed by atoms with Gasteiger partial charge in [0, 0.05) is 30.2 Å². The van der Waals surface area contributed by atoms with Gasteiger partial charge in [-0.15, -0.1) is 0 Å². The molecule has 26 heavy (non-hydrogen) atoms. The van der Waals surface area contributed by atoms with Crippen LogP contribution in [-0.4, -0.2) is 25.2 Å². The summed E-state index contributed by atoms with van der Waals surface area (Å²) in [6.07, 6.45) is 0.204. The summed E-state index contributed by atoms with van der Waals surface area (Å²) in [4.78, 5) is 26.3. The second kappa shape index (κ2) is 6.88. The Balaban J connectivity index is 1.36. The summed E-state index contributed by atoms with van der Waals surface area (Å²) in [5, 5.41) is 3.51. The Labute approximate surface area is 155 Å². The van der Waals surface area contributed by atoms with Crippen LogP contribution in [0.3, 0.4) is 0 Å². The molecule has 0 radical (unpaired) electrons. The van der Waals surface area contributed by atoms with E-state index in [1.807, 2.05) is 18.2 Å². The molecule has 1 fully saturated rings. The van der Waals surface area contributed by atoms with Gasteiger partial charge in [0.25, 0.3) is 0 Å². The molecule has 2 aliphatic rings. The van der Waals surface area contributed by atoms with Crippen LogP contribution in [0.5, 0.6) is 11.5 Å². The number of amides is 2. The molecule has 2 aromatic carbocycles. The smallest absolute Gasteiger partial charge is 0.231 e. The third-order valence-electron chi connectivity index (χ3n) is 4.54. The second-order valence-electron chi connectivity index (χ2n) is 6.29. The molecule has 0 saturated carbocycles. The summed E-state index contributed by atoms with van der Waals surface area (Å²) in [7, 11) is 0. The Hall–Kier alpha value is -2.73. The average molecular weight is 373 g/mol. The minimum absolute atomic E-state index is 0.0597. The molecule has 1 atom stereocenters. The van der Waals surface area contributed by atoms with E-state index in [2.05, 4.69) is 5.32 Å². The molecule has 4 rings (SSSR count). The molecular formula is C19H17ClN2O4. The van der Waals surface area contributed by atoms with E-state index in [1.54, 1.807) is 29.2 Å². The number of nitrogens with one attached hydrogen (secondary N) is 1. The molecule has 1 saturated heterocycles. The van der Waals surface area contributed by atoms with Crippen molar-refractivity contribution in [1.29, 1.82) is 0 Å². The van der Waals surface area contributed by atoms with E-state index in [0.717, 1.165) is 11.3 Å². The average Bonchev–Trinajstić information content (AvgIpc) is 3.26. The predicted molar refractivity (Wildman–Crippen MR) is 96.3 cm³/mol. The van der Waals surface area contributed by atoms with Gasteiger partial charge in [-0.25, -0.2) is 0 Å². The summed E-state index contributed by atoms with van der Waals surface area (Å²) < 4.78 is 10.6. The van der Waals surface area contributed by atoms with Gasteiger partial charge in [-0.2, -0.15) is 0 Å². The summed E-state index contributed by atoms with van der Waals surface area (Å²) >= 11 is 5.88. The first kappa shape index (κ1) is 16.7. The van der Waals surface area contributed by atoms with E-state index in [0.29, 0.717) is 29.6 Å². The van der Waals surface area contributed by atoms with Crippen molar-refractivity contribution >= 4 is 29.1 Å². The van der Waals surface area contributed by atoms with Crippen molar-refractivity contribution in [3.63, 3.8) is 0 Å². The number of nitrogens with zero attached hydrogens (tertiary/aromatic N) is 1. The summed E-state index contributed by atoms with van der Waals surface area (Å²) in [5.41, 5.74) is 1.67. The lowest BCUT2D eigenvalue weighted by molar-refractivity contribution is -0.126. The van der Waals surface area contributed by atoms with Crippen LogP contribution in [0, 0.1) is 5.92 Å². The zero-order valence-corrected chi connectivity index (χ0v) is 14.7. The van der Waals surface area contributed by atoms with Crippen LogP contribution in [0.15, 0.2) is 42.5 Å². The van der Waals surface area contributed by atoms with E-state index in [4.69, 9.17) is 21.1 Å². The van der Waals surface area contributed by atoms with Gasteiger partial charge in [0.15, 0.2) is 11.5 Å². The maximum absolute atomic E-state index is 12.5. The van der Waals surface area contributed by atoms with Crippen LogP contribution >= 0.6 is 11.6 Å². The molecule has 2 heterocycles. The number of benzene rings is 2. The number of carbonyl (C=O) groups excluding carboxylic acids is 2. The van der Waals surface area contributed by atoms with Crippen LogP contribution in [-0.2, 0) is 16.1 Å². The molecule has 0 bridgehead atoms. The molecule has 0 unspecified atom stereocenters. The van der Waals surface area contributed by atoms with Gasteiger partial charge in [0.2, 0.25) is 18.6 Å². The fourth-order valence-electron chi connectivity index (χ4n) is 3.14. The first-order valence-corrected chi connectivity index (χ1v) is 8.70. The molecule has 2 amide bonds. The third-order valence-corrected chi connectivity index (χ3v) is 4.79. The molecule has 7 heteroatoms. The Morgan fingerprint density at radius 1 is 1.15 bits per heavy atom. The Morgan fingerprint density at radius 3 is 2.73 bits per heavy atom. The van der Waals surface area contributed by atoms with Crippen molar-refractivity contribution < 1.29 is 19.1 Å². The van der Waals surface area contributed by atoms with Crippen LogP contribution < -0.4 is 19.7 Å². The summed E-state index contributed by atoms with van der Waals surface area (Å²) in [5.74, 6) is 0.831. The summed E-state index contributed by atoms with van der Waals surface area (Å²) in [6, 6.07) is 12.6. The molecule has 0 aromatic heterocycles. The standard InChI is InChI=1S/C19H17ClN2O4/c20-14-2-4-15(5-3-14)22-10-13(8-18(22)23)19(24)21-9-12-1-6-16-17(7-12)26-11-25-16/h1-7,13H,8-11H2,(H,21,24)/t13-/m0/s1. The molecule has 2 aliphatic heterocycles. The normalized spacial score (nSPS) is 18.3. The highest BCUT2D eigenvalue weighted by Crippen LogP contribution is 2.32. The molecule has 0 spiro atoms. The zero-order valence-electron chi connectivity index (χ0n) is 13.9. The van der Waals surface area contributed by atoms with Crippen molar-refractivity contribution in [2.45, 2.75) is 13.0 Å². The third kappa shape index (κ3) is 3.32. The van der Waals surface area contributed by atoms with Crippen molar-refractivity contribution in [1.82, 2.24) is 5.32 Å². The molecule has 134 valence electrons. The first-order valence-electron chi connectivity index (χ1n) is 8.32. The van der Waals surface area contributed by atoms with E-state index in [9.17, 15) is 9.59 Å². The highest BCUT2D eigenvalue weighted by atomic mass is 35.5. The minimum atomic E-state index is -0.368. The lowest BCUT2D eigenvalue weighted by atomic mass is 10.1. The Morgan fingerprint density at radius 2 is 1.92 bits per heavy atom.